The second-order valence-corrected chi connectivity index (χ2v) is 10.6. The predicted molar refractivity (Wildman–Crippen MR) is 112 cm³/mol. The first-order chi connectivity index (χ1) is 13.8. The zero-order valence-corrected chi connectivity index (χ0v) is 18.4. The van der Waals surface area contributed by atoms with Gasteiger partial charge in [-0.3, -0.25) is 0 Å². The molecule has 0 saturated carbocycles. The molecule has 1 aromatic heterocycles. The van der Waals surface area contributed by atoms with Crippen molar-refractivity contribution < 1.29 is 17.2 Å². The van der Waals surface area contributed by atoms with E-state index in [-0.39, 0.29) is 36.4 Å². The highest BCUT2D eigenvalue weighted by Crippen LogP contribution is 2.40. The number of hydrogen-bond acceptors (Lipinski definition) is 5. The SMILES string of the molecule is CC1CCCCN1c1nc(F)c2c(c1F)S(=O)(=O)CCN2Cc1cccc(Br)c1. The van der Waals surface area contributed by atoms with E-state index in [0.717, 1.165) is 29.3 Å². The Balaban J connectivity index is 1.81. The molecule has 4 rings (SSSR count). The maximum Gasteiger partial charge on any atom is 0.239 e. The van der Waals surface area contributed by atoms with Crippen LogP contribution in [-0.4, -0.2) is 38.3 Å². The van der Waals surface area contributed by atoms with Gasteiger partial charge in [-0.25, -0.2) is 12.8 Å². The van der Waals surface area contributed by atoms with Crippen molar-refractivity contribution >= 4 is 37.3 Å². The highest BCUT2D eigenvalue weighted by Gasteiger charge is 2.38. The summed E-state index contributed by atoms with van der Waals surface area (Å²) in [7, 11) is -3.94. The van der Waals surface area contributed by atoms with E-state index in [4.69, 9.17) is 0 Å². The Morgan fingerprint density at radius 2 is 2.03 bits per heavy atom. The minimum Gasteiger partial charge on any atom is -0.361 e. The van der Waals surface area contributed by atoms with Gasteiger partial charge in [0.2, 0.25) is 5.95 Å². The molecule has 5 nitrogen and oxygen atoms in total. The van der Waals surface area contributed by atoms with Crippen LogP contribution in [0.25, 0.3) is 0 Å². The van der Waals surface area contributed by atoms with Crippen LogP contribution in [0.2, 0.25) is 0 Å². The summed E-state index contributed by atoms with van der Waals surface area (Å²) in [5.41, 5.74) is 0.597. The summed E-state index contributed by atoms with van der Waals surface area (Å²) in [6.07, 6.45) is 2.68. The van der Waals surface area contributed by atoms with Gasteiger partial charge in [-0.1, -0.05) is 28.1 Å². The number of anilines is 2. The molecule has 1 saturated heterocycles. The van der Waals surface area contributed by atoms with Gasteiger partial charge in [0.05, 0.1) is 5.75 Å². The largest absolute Gasteiger partial charge is 0.361 e. The van der Waals surface area contributed by atoms with Gasteiger partial charge in [0.15, 0.2) is 21.5 Å². The summed E-state index contributed by atoms with van der Waals surface area (Å²) in [4.78, 5) is 6.60. The normalized spacial score (nSPS) is 21.2. The van der Waals surface area contributed by atoms with Crippen LogP contribution < -0.4 is 9.80 Å². The molecule has 29 heavy (non-hydrogen) atoms. The molecular weight excluding hydrogens is 464 g/mol. The van der Waals surface area contributed by atoms with Crippen LogP contribution in [0.15, 0.2) is 33.6 Å². The molecule has 1 fully saturated rings. The smallest absolute Gasteiger partial charge is 0.239 e. The van der Waals surface area contributed by atoms with E-state index in [9.17, 15) is 8.42 Å². The average molecular weight is 486 g/mol. The van der Waals surface area contributed by atoms with Gasteiger partial charge < -0.3 is 9.80 Å². The lowest BCUT2D eigenvalue weighted by Crippen LogP contribution is -2.41. The van der Waals surface area contributed by atoms with E-state index in [1.165, 1.54) is 0 Å². The first-order valence-corrected chi connectivity index (χ1v) is 12.1. The molecule has 3 heterocycles. The summed E-state index contributed by atoms with van der Waals surface area (Å²) < 4.78 is 56.9. The molecule has 2 aromatic rings. The van der Waals surface area contributed by atoms with Crippen molar-refractivity contribution in [3.05, 3.63) is 46.1 Å². The van der Waals surface area contributed by atoms with Gasteiger partial charge in [0.1, 0.15) is 10.6 Å². The van der Waals surface area contributed by atoms with E-state index in [1.54, 1.807) is 9.80 Å². The molecule has 2 aliphatic heterocycles. The zero-order chi connectivity index (χ0) is 20.8. The van der Waals surface area contributed by atoms with Crippen LogP contribution in [-0.2, 0) is 16.4 Å². The minimum absolute atomic E-state index is 0.0210. The molecule has 0 N–H and O–H groups in total. The second-order valence-electron chi connectivity index (χ2n) is 7.63. The van der Waals surface area contributed by atoms with E-state index >= 15 is 8.78 Å². The van der Waals surface area contributed by atoms with E-state index in [1.807, 2.05) is 31.2 Å². The number of piperidine rings is 1. The summed E-state index contributed by atoms with van der Waals surface area (Å²) in [6.45, 7) is 2.80. The topological polar surface area (TPSA) is 53.5 Å². The standard InChI is InChI=1S/C20H22BrF2N3O2S/c1-13-5-2-3-8-26(13)20-16(22)18-17(19(23)24-20)25(9-10-29(18,27)28)12-14-6-4-7-15(21)11-14/h4,6-7,11,13H,2-3,5,8-10,12H2,1H3. The molecule has 0 aliphatic carbocycles. The van der Waals surface area contributed by atoms with Crippen molar-refractivity contribution in [2.24, 2.45) is 0 Å². The van der Waals surface area contributed by atoms with Gasteiger partial charge >= 0.3 is 0 Å². The van der Waals surface area contributed by atoms with Crippen molar-refractivity contribution in [1.29, 1.82) is 0 Å². The second kappa shape index (κ2) is 7.83. The number of pyridine rings is 1. The lowest BCUT2D eigenvalue weighted by atomic mass is 10.0. The van der Waals surface area contributed by atoms with Crippen LogP contribution in [0.4, 0.5) is 20.3 Å². The Morgan fingerprint density at radius 3 is 2.76 bits per heavy atom. The fourth-order valence-electron chi connectivity index (χ4n) is 4.11. The number of rotatable bonds is 3. The molecule has 1 atom stereocenters. The van der Waals surface area contributed by atoms with Gasteiger partial charge in [-0.05, 0) is 43.9 Å². The van der Waals surface area contributed by atoms with Crippen LogP contribution in [0.5, 0.6) is 0 Å². The first-order valence-electron chi connectivity index (χ1n) is 9.65. The maximum atomic E-state index is 15.5. The molecule has 1 unspecified atom stereocenters. The highest BCUT2D eigenvalue weighted by atomic mass is 79.9. The molecule has 0 spiro atoms. The van der Waals surface area contributed by atoms with E-state index in [0.29, 0.717) is 6.54 Å². The third-order valence-corrected chi connectivity index (χ3v) is 7.81. The van der Waals surface area contributed by atoms with Crippen LogP contribution >= 0.6 is 15.9 Å². The predicted octanol–water partition coefficient (Wildman–Crippen LogP) is 4.30. The molecule has 1 aromatic carbocycles. The number of halogens is 3. The third-order valence-electron chi connectivity index (χ3n) is 5.60. The average Bonchev–Trinajstić information content (AvgIpc) is 2.66. The quantitative estimate of drug-likeness (QED) is 0.606. The van der Waals surface area contributed by atoms with E-state index < -0.39 is 26.5 Å². The molecule has 0 radical (unpaired) electrons. The van der Waals surface area contributed by atoms with Crippen molar-refractivity contribution in [2.75, 3.05) is 28.6 Å². The minimum atomic E-state index is -3.94. The highest BCUT2D eigenvalue weighted by molar-refractivity contribution is 9.10. The van der Waals surface area contributed by atoms with Crippen molar-refractivity contribution in [3.8, 4) is 0 Å². The number of fused-ring (bicyclic) bond motifs is 1. The molecule has 9 heteroatoms. The summed E-state index contributed by atoms with van der Waals surface area (Å²) in [5.74, 6) is -2.33. The number of benzene rings is 1. The van der Waals surface area contributed by atoms with Gasteiger partial charge in [-0.15, -0.1) is 0 Å². The van der Waals surface area contributed by atoms with Crippen LogP contribution in [0.1, 0.15) is 31.7 Å². The number of aromatic nitrogens is 1. The summed E-state index contributed by atoms with van der Waals surface area (Å²) in [5, 5.41) is 0. The summed E-state index contributed by atoms with van der Waals surface area (Å²) >= 11 is 3.40. The molecular formula is C20H22BrF2N3O2S. The van der Waals surface area contributed by atoms with Crippen molar-refractivity contribution in [2.45, 2.75) is 43.7 Å². The fourth-order valence-corrected chi connectivity index (χ4v) is 6.10. The van der Waals surface area contributed by atoms with Crippen molar-refractivity contribution in [1.82, 2.24) is 4.98 Å². The van der Waals surface area contributed by atoms with Crippen LogP contribution in [0, 0.1) is 11.8 Å². The Bertz CT molecular complexity index is 1050. The molecule has 156 valence electrons. The lowest BCUT2D eigenvalue weighted by Gasteiger charge is -2.36. The molecule has 2 aliphatic rings. The zero-order valence-electron chi connectivity index (χ0n) is 16.0. The van der Waals surface area contributed by atoms with Gasteiger partial charge in [0.25, 0.3) is 0 Å². The molecule has 0 amide bonds. The third kappa shape index (κ3) is 3.86. The fraction of sp³-hybridized carbons (Fsp3) is 0.450. The van der Waals surface area contributed by atoms with Gasteiger partial charge in [-0.2, -0.15) is 9.37 Å². The number of sulfone groups is 1. The number of nitrogens with zero attached hydrogens (tertiary/aromatic N) is 3. The van der Waals surface area contributed by atoms with E-state index in [2.05, 4.69) is 20.9 Å². The van der Waals surface area contributed by atoms with Crippen molar-refractivity contribution in [3.63, 3.8) is 0 Å². The summed E-state index contributed by atoms with van der Waals surface area (Å²) in [6, 6.07) is 7.42. The number of hydrogen-bond donors (Lipinski definition) is 0. The Kier molecular flexibility index (Phi) is 5.54. The Labute approximate surface area is 177 Å². The maximum absolute atomic E-state index is 15.5. The Morgan fingerprint density at radius 1 is 1.24 bits per heavy atom. The van der Waals surface area contributed by atoms with Gasteiger partial charge in [0, 0.05) is 30.1 Å². The Hall–Kier alpha value is -1.74. The monoisotopic (exact) mass is 485 g/mol. The molecule has 0 bridgehead atoms. The lowest BCUT2D eigenvalue weighted by molar-refractivity contribution is 0.456. The van der Waals surface area contributed by atoms with Crippen LogP contribution in [0.3, 0.4) is 0 Å². The first kappa shape index (κ1) is 20.5.